The third kappa shape index (κ3) is 3.50. The second-order valence-corrected chi connectivity index (χ2v) is 6.20. The Morgan fingerprint density at radius 1 is 1.04 bits per heavy atom. The van der Waals surface area contributed by atoms with E-state index in [2.05, 4.69) is 36.5 Å². The van der Waals surface area contributed by atoms with Gasteiger partial charge in [0.1, 0.15) is 6.61 Å². The average molecular weight is 311 g/mol. The van der Waals surface area contributed by atoms with Gasteiger partial charge in [-0.25, -0.2) is 0 Å². The number of para-hydroxylation sites is 1. The van der Waals surface area contributed by atoms with Gasteiger partial charge in [0.05, 0.1) is 6.61 Å². The van der Waals surface area contributed by atoms with Crippen LogP contribution in [0.15, 0.2) is 48.5 Å². The molecule has 0 radical (unpaired) electrons. The van der Waals surface area contributed by atoms with E-state index < -0.39 is 0 Å². The van der Waals surface area contributed by atoms with Gasteiger partial charge in [-0.05, 0) is 44.9 Å². The van der Waals surface area contributed by atoms with E-state index in [0.29, 0.717) is 13.2 Å². The van der Waals surface area contributed by atoms with E-state index in [-0.39, 0.29) is 5.54 Å². The van der Waals surface area contributed by atoms with E-state index in [1.54, 1.807) is 0 Å². The van der Waals surface area contributed by atoms with Gasteiger partial charge in [0, 0.05) is 11.1 Å². The summed E-state index contributed by atoms with van der Waals surface area (Å²) in [5.74, 6) is 1.70. The van der Waals surface area contributed by atoms with Gasteiger partial charge in [-0.1, -0.05) is 42.5 Å². The van der Waals surface area contributed by atoms with Crippen molar-refractivity contribution in [1.82, 2.24) is 5.32 Å². The molecule has 1 atom stereocenters. The molecule has 0 bridgehead atoms. The fourth-order valence-electron chi connectivity index (χ4n) is 3.22. The molecule has 1 aliphatic heterocycles. The Morgan fingerprint density at radius 3 is 2.57 bits per heavy atom. The summed E-state index contributed by atoms with van der Waals surface area (Å²) < 4.78 is 12.0. The molecule has 1 fully saturated rings. The maximum Gasteiger partial charge on any atom is 0.166 e. The first-order chi connectivity index (χ1) is 11.2. The fourth-order valence-corrected chi connectivity index (χ4v) is 3.22. The number of nitrogens with one attached hydrogen (secondary N) is 1. The molecule has 1 heterocycles. The van der Waals surface area contributed by atoms with Crippen LogP contribution in [0.25, 0.3) is 0 Å². The van der Waals surface area contributed by atoms with Crippen LogP contribution in [0, 0.1) is 0 Å². The lowest BCUT2D eigenvalue weighted by Gasteiger charge is -2.28. The predicted octanol–water partition coefficient (Wildman–Crippen LogP) is 4.26. The molecule has 0 saturated carbocycles. The average Bonchev–Trinajstić information content (AvgIpc) is 3.02. The lowest BCUT2D eigenvalue weighted by atomic mass is 9.89. The van der Waals surface area contributed by atoms with Gasteiger partial charge < -0.3 is 14.8 Å². The molecule has 3 rings (SSSR count). The zero-order valence-corrected chi connectivity index (χ0v) is 14.0. The first kappa shape index (κ1) is 15.9. The minimum absolute atomic E-state index is 0.0425. The van der Waals surface area contributed by atoms with Crippen molar-refractivity contribution in [2.24, 2.45) is 0 Å². The highest BCUT2D eigenvalue weighted by molar-refractivity contribution is 5.50. The van der Waals surface area contributed by atoms with Gasteiger partial charge in [-0.15, -0.1) is 0 Å². The normalized spacial score (nSPS) is 20.4. The summed E-state index contributed by atoms with van der Waals surface area (Å²) in [6.45, 7) is 6.49. The van der Waals surface area contributed by atoms with Gasteiger partial charge in [-0.3, -0.25) is 0 Å². The van der Waals surface area contributed by atoms with Crippen molar-refractivity contribution in [3.8, 4) is 11.5 Å². The Bertz CT molecular complexity index is 633. The van der Waals surface area contributed by atoms with Crippen molar-refractivity contribution in [2.45, 2.75) is 38.8 Å². The van der Waals surface area contributed by atoms with Crippen molar-refractivity contribution in [3.63, 3.8) is 0 Å². The molecule has 3 heteroatoms. The summed E-state index contributed by atoms with van der Waals surface area (Å²) in [7, 11) is 0. The summed E-state index contributed by atoms with van der Waals surface area (Å²) in [6, 6.07) is 16.5. The Kier molecular flexibility index (Phi) is 4.87. The summed E-state index contributed by atoms with van der Waals surface area (Å²) in [5.41, 5.74) is 2.31. The van der Waals surface area contributed by atoms with Crippen molar-refractivity contribution < 1.29 is 9.47 Å². The summed E-state index contributed by atoms with van der Waals surface area (Å²) in [5, 5.41) is 3.62. The van der Waals surface area contributed by atoms with Gasteiger partial charge in [0.25, 0.3) is 0 Å². The molecule has 2 aromatic rings. The highest BCUT2D eigenvalue weighted by Gasteiger charge is 2.33. The smallest absolute Gasteiger partial charge is 0.166 e. The van der Waals surface area contributed by atoms with E-state index in [1.807, 2.05) is 31.2 Å². The van der Waals surface area contributed by atoms with Crippen molar-refractivity contribution in [1.29, 1.82) is 0 Å². The zero-order chi connectivity index (χ0) is 16.1. The summed E-state index contributed by atoms with van der Waals surface area (Å²) >= 11 is 0. The molecule has 23 heavy (non-hydrogen) atoms. The minimum atomic E-state index is -0.0425. The second-order valence-electron chi connectivity index (χ2n) is 6.20. The van der Waals surface area contributed by atoms with E-state index >= 15 is 0 Å². The minimum Gasteiger partial charge on any atom is -0.490 e. The summed E-state index contributed by atoms with van der Waals surface area (Å²) in [4.78, 5) is 0. The number of ether oxygens (including phenoxy) is 2. The molecule has 122 valence electrons. The predicted molar refractivity (Wildman–Crippen MR) is 93.0 cm³/mol. The molecule has 0 aliphatic carbocycles. The van der Waals surface area contributed by atoms with Gasteiger partial charge in [0.15, 0.2) is 11.5 Å². The molecule has 0 spiro atoms. The highest BCUT2D eigenvalue weighted by Crippen LogP contribution is 2.41. The molecule has 1 N–H and O–H groups in total. The van der Waals surface area contributed by atoms with Gasteiger partial charge in [0.2, 0.25) is 0 Å². The molecule has 3 nitrogen and oxygen atoms in total. The number of benzene rings is 2. The maximum atomic E-state index is 6.22. The molecule has 2 aromatic carbocycles. The first-order valence-corrected chi connectivity index (χ1v) is 8.41. The topological polar surface area (TPSA) is 30.5 Å². The van der Waals surface area contributed by atoms with Crippen molar-refractivity contribution in [2.75, 3.05) is 13.2 Å². The Labute approximate surface area is 138 Å². The Morgan fingerprint density at radius 2 is 1.87 bits per heavy atom. The molecular formula is C20H25NO2. The lowest BCUT2D eigenvalue weighted by Crippen LogP contribution is -2.33. The van der Waals surface area contributed by atoms with Gasteiger partial charge >= 0.3 is 0 Å². The maximum absolute atomic E-state index is 6.22. The third-order valence-electron chi connectivity index (χ3n) is 4.47. The van der Waals surface area contributed by atoms with E-state index in [9.17, 15) is 0 Å². The quantitative estimate of drug-likeness (QED) is 0.864. The Balaban J connectivity index is 1.91. The van der Waals surface area contributed by atoms with Crippen LogP contribution < -0.4 is 14.8 Å². The van der Waals surface area contributed by atoms with Crippen molar-refractivity contribution in [3.05, 3.63) is 59.7 Å². The van der Waals surface area contributed by atoms with E-state index in [0.717, 1.165) is 30.0 Å². The van der Waals surface area contributed by atoms with Gasteiger partial charge in [-0.2, -0.15) is 0 Å². The van der Waals surface area contributed by atoms with Crippen LogP contribution >= 0.6 is 0 Å². The molecule has 1 aliphatic rings. The second kappa shape index (κ2) is 7.05. The van der Waals surface area contributed by atoms with E-state index in [4.69, 9.17) is 9.47 Å². The SMILES string of the molecule is CCOc1cccc(C2(C)CCCN2)c1OCc1ccccc1. The van der Waals surface area contributed by atoms with Crippen molar-refractivity contribution >= 4 is 0 Å². The Hall–Kier alpha value is -2.00. The molecule has 0 aromatic heterocycles. The monoisotopic (exact) mass is 311 g/mol. The van der Waals surface area contributed by atoms with Crippen LogP contribution in [-0.2, 0) is 12.1 Å². The summed E-state index contributed by atoms with van der Waals surface area (Å²) in [6.07, 6.45) is 2.30. The number of hydrogen-bond donors (Lipinski definition) is 1. The largest absolute Gasteiger partial charge is 0.490 e. The number of hydrogen-bond acceptors (Lipinski definition) is 3. The lowest BCUT2D eigenvalue weighted by molar-refractivity contribution is 0.258. The van der Waals surface area contributed by atoms with Crippen LogP contribution in [0.2, 0.25) is 0 Å². The molecule has 0 amide bonds. The van der Waals surface area contributed by atoms with Crippen LogP contribution in [0.3, 0.4) is 0 Å². The highest BCUT2D eigenvalue weighted by atomic mass is 16.5. The van der Waals surface area contributed by atoms with Crippen LogP contribution in [0.1, 0.15) is 37.8 Å². The van der Waals surface area contributed by atoms with Crippen LogP contribution in [0.5, 0.6) is 11.5 Å². The fraction of sp³-hybridized carbons (Fsp3) is 0.400. The first-order valence-electron chi connectivity index (χ1n) is 8.41. The zero-order valence-electron chi connectivity index (χ0n) is 14.0. The van der Waals surface area contributed by atoms with E-state index in [1.165, 1.54) is 12.0 Å². The third-order valence-corrected chi connectivity index (χ3v) is 4.47. The molecule has 1 saturated heterocycles. The standard InChI is InChI=1S/C20H25NO2/c1-3-22-18-12-7-11-17(20(2)13-8-14-21-20)19(18)23-15-16-9-5-4-6-10-16/h4-7,9-12,21H,3,8,13-15H2,1-2H3. The van der Waals surface area contributed by atoms with Crippen LogP contribution in [-0.4, -0.2) is 13.2 Å². The number of rotatable bonds is 6. The van der Waals surface area contributed by atoms with Crippen LogP contribution in [0.4, 0.5) is 0 Å². The molecule has 1 unspecified atom stereocenters. The molecular weight excluding hydrogens is 286 g/mol.